The maximum absolute atomic E-state index is 12.8. The summed E-state index contributed by atoms with van der Waals surface area (Å²) >= 11 is 1.36. The highest BCUT2D eigenvalue weighted by Gasteiger charge is 2.31. The molecule has 130 valence electrons. The average Bonchev–Trinajstić information content (AvgIpc) is 2.97. The van der Waals surface area contributed by atoms with Crippen molar-refractivity contribution in [2.45, 2.75) is 6.18 Å². The van der Waals surface area contributed by atoms with Gasteiger partial charge in [0.1, 0.15) is 6.61 Å². The van der Waals surface area contributed by atoms with E-state index in [1.165, 1.54) is 24.5 Å². The van der Waals surface area contributed by atoms with E-state index in [2.05, 4.69) is 4.98 Å². The molecule has 9 heteroatoms. The summed E-state index contributed by atoms with van der Waals surface area (Å²) in [6.07, 6.45) is -4.37. The first-order valence-corrected chi connectivity index (χ1v) is 8.19. The fourth-order valence-corrected chi connectivity index (χ4v) is 3.59. The normalized spacial score (nSPS) is 16.0. The van der Waals surface area contributed by atoms with Crippen LogP contribution in [0.4, 0.5) is 18.3 Å². The van der Waals surface area contributed by atoms with Crippen LogP contribution in [0.15, 0.2) is 18.2 Å². The van der Waals surface area contributed by atoms with E-state index in [0.29, 0.717) is 36.8 Å². The summed E-state index contributed by atoms with van der Waals surface area (Å²) in [4.78, 5) is 19.8. The standard InChI is InChI=1S/C15H16F3N3O2S/c1-23-9-13(22)20-4-6-21(7-5-20)14-19-11-8-10(15(16,17)18)2-3-12(11)24-14/h2-3,8H,4-7,9H2,1H3. The molecule has 0 bridgehead atoms. The monoisotopic (exact) mass is 359 g/mol. The fourth-order valence-electron chi connectivity index (χ4n) is 2.59. The highest BCUT2D eigenvalue weighted by molar-refractivity contribution is 7.22. The third-order valence-electron chi connectivity index (χ3n) is 3.87. The van der Waals surface area contributed by atoms with Crippen LogP contribution in [-0.4, -0.2) is 55.7 Å². The highest BCUT2D eigenvalue weighted by atomic mass is 32.1. The highest BCUT2D eigenvalue weighted by Crippen LogP contribution is 2.35. The third kappa shape index (κ3) is 3.46. The summed E-state index contributed by atoms with van der Waals surface area (Å²) in [5.74, 6) is -0.0590. The number of hydrogen-bond acceptors (Lipinski definition) is 5. The number of methoxy groups -OCH3 is 1. The third-order valence-corrected chi connectivity index (χ3v) is 4.97. The molecule has 1 fully saturated rings. The molecule has 0 atom stereocenters. The van der Waals surface area contributed by atoms with Crippen molar-refractivity contribution in [2.24, 2.45) is 0 Å². The van der Waals surface area contributed by atoms with E-state index < -0.39 is 11.7 Å². The molecule has 5 nitrogen and oxygen atoms in total. The Bertz CT molecular complexity index is 739. The molecule has 24 heavy (non-hydrogen) atoms. The van der Waals surface area contributed by atoms with E-state index in [4.69, 9.17) is 4.74 Å². The number of piperazine rings is 1. The molecule has 0 aliphatic carbocycles. The Hall–Kier alpha value is -1.87. The Labute approximate surface area is 140 Å². The minimum Gasteiger partial charge on any atom is -0.375 e. The molecular weight excluding hydrogens is 343 g/mol. The summed E-state index contributed by atoms with van der Waals surface area (Å²) < 4.78 is 43.9. The Morgan fingerprint density at radius 2 is 2.00 bits per heavy atom. The van der Waals surface area contributed by atoms with Gasteiger partial charge >= 0.3 is 6.18 Å². The van der Waals surface area contributed by atoms with Crippen LogP contribution < -0.4 is 4.90 Å². The molecule has 1 aromatic carbocycles. The smallest absolute Gasteiger partial charge is 0.375 e. The number of carbonyl (C=O) groups excluding carboxylic acids is 1. The van der Waals surface area contributed by atoms with Gasteiger partial charge in [0.15, 0.2) is 5.13 Å². The summed E-state index contributed by atoms with van der Waals surface area (Å²) in [7, 11) is 1.48. The average molecular weight is 359 g/mol. The van der Waals surface area contributed by atoms with Crippen molar-refractivity contribution in [3.8, 4) is 0 Å². The lowest BCUT2D eigenvalue weighted by Crippen LogP contribution is -2.49. The minimum absolute atomic E-state index is 0.0569. The Balaban J connectivity index is 1.73. The van der Waals surface area contributed by atoms with Crippen molar-refractivity contribution < 1.29 is 22.7 Å². The van der Waals surface area contributed by atoms with Crippen molar-refractivity contribution in [1.29, 1.82) is 0 Å². The summed E-state index contributed by atoms with van der Waals surface area (Å²) in [6, 6.07) is 3.61. The molecule has 0 N–H and O–H groups in total. The second-order valence-corrected chi connectivity index (χ2v) is 6.49. The van der Waals surface area contributed by atoms with Crippen molar-refractivity contribution in [3.63, 3.8) is 0 Å². The Morgan fingerprint density at radius 3 is 2.62 bits per heavy atom. The number of anilines is 1. The van der Waals surface area contributed by atoms with Gasteiger partial charge in [-0.1, -0.05) is 11.3 Å². The molecule has 1 saturated heterocycles. The van der Waals surface area contributed by atoms with Crippen LogP contribution in [0.3, 0.4) is 0 Å². The molecule has 1 aliphatic rings. The van der Waals surface area contributed by atoms with Gasteiger partial charge in [-0.05, 0) is 18.2 Å². The van der Waals surface area contributed by atoms with Crippen LogP contribution in [0.1, 0.15) is 5.56 Å². The lowest BCUT2D eigenvalue weighted by molar-refractivity contribution is -0.137. The molecule has 2 heterocycles. The number of benzene rings is 1. The van der Waals surface area contributed by atoms with E-state index in [-0.39, 0.29) is 12.5 Å². The second kappa shape index (κ2) is 6.56. The first-order chi connectivity index (χ1) is 11.4. The first kappa shape index (κ1) is 17.0. The zero-order chi connectivity index (χ0) is 17.3. The molecule has 3 rings (SSSR count). The molecule has 1 aromatic heterocycles. The van der Waals surface area contributed by atoms with Crippen LogP contribution in [-0.2, 0) is 15.7 Å². The molecule has 2 aromatic rings. The van der Waals surface area contributed by atoms with Crippen molar-refractivity contribution in [3.05, 3.63) is 23.8 Å². The van der Waals surface area contributed by atoms with E-state index >= 15 is 0 Å². The number of rotatable bonds is 3. The zero-order valence-corrected chi connectivity index (χ0v) is 13.8. The topological polar surface area (TPSA) is 45.7 Å². The first-order valence-electron chi connectivity index (χ1n) is 7.38. The van der Waals surface area contributed by atoms with Crippen LogP contribution in [0, 0.1) is 0 Å². The summed E-state index contributed by atoms with van der Waals surface area (Å²) in [6.45, 7) is 2.35. The van der Waals surface area contributed by atoms with Gasteiger partial charge in [-0.25, -0.2) is 4.98 Å². The van der Waals surface area contributed by atoms with Gasteiger partial charge in [-0.15, -0.1) is 0 Å². The van der Waals surface area contributed by atoms with Crippen molar-refractivity contribution in [2.75, 3.05) is 44.8 Å². The molecular formula is C15H16F3N3O2S. The SMILES string of the molecule is COCC(=O)N1CCN(c2nc3cc(C(F)(F)F)ccc3s2)CC1. The molecule has 0 saturated carbocycles. The molecule has 0 spiro atoms. The maximum Gasteiger partial charge on any atom is 0.416 e. The summed E-state index contributed by atoms with van der Waals surface area (Å²) in [5, 5.41) is 0.683. The summed E-state index contributed by atoms with van der Waals surface area (Å²) in [5.41, 5.74) is -0.343. The van der Waals surface area contributed by atoms with Crippen LogP contribution >= 0.6 is 11.3 Å². The molecule has 0 radical (unpaired) electrons. The Morgan fingerprint density at radius 1 is 1.29 bits per heavy atom. The number of carbonyl (C=O) groups is 1. The second-order valence-electron chi connectivity index (χ2n) is 5.48. The number of alkyl halides is 3. The van der Waals surface area contributed by atoms with Gasteiger partial charge in [-0.2, -0.15) is 13.2 Å². The largest absolute Gasteiger partial charge is 0.416 e. The van der Waals surface area contributed by atoms with Crippen molar-refractivity contribution >= 4 is 32.6 Å². The fraction of sp³-hybridized carbons (Fsp3) is 0.467. The molecule has 1 amide bonds. The van der Waals surface area contributed by atoms with E-state index in [1.807, 2.05) is 4.90 Å². The number of amides is 1. The quantitative estimate of drug-likeness (QED) is 0.845. The molecule has 0 unspecified atom stereocenters. The maximum atomic E-state index is 12.8. The molecule has 1 aliphatic heterocycles. The van der Waals surface area contributed by atoms with Gasteiger partial charge in [0.05, 0.1) is 15.8 Å². The number of thiazole rings is 1. The number of hydrogen-bond donors (Lipinski definition) is 0. The predicted octanol–water partition coefficient (Wildman–Crippen LogP) is 2.61. The van der Waals surface area contributed by atoms with Gasteiger partial charge < -0.3 is 14.5 Å². The number of nitrogens with zero attached hydrogens (tertiary/aromatic N) is 3. The van der Waals surface area contributed by atoms with Gasteiger partial charge in [0.25, 0.3) is 0 Å². The minimum atomic E-state index is -4.37. The number of halogens is 3. The van der Waals surface area contributed by atoms with Crippen LogP contribution in [0.25, 0.3) is 10.2 Å². The number of aromatic nitrogens is 1. The Kier molecular flexibility index (Phi) is 4.64. The van der Waals surface area contributed by atoms with Crippen molar-refractivity contribution in [1.82, 2.24) is 9.88 Å². The van der Waals surface area contributed by atoms with Gasteiger partial charge in [-0.3, -0.25) is 4.79 Å². The van der Waals surface area contributed by atoms with E-state index in [0.717, 1.165) is 16.8 Å². The van der Waals surface area contributed by atoms with E-state index in [9.17, 15) is 18.0 Å². The van der Waals surface area contributed by atoms with Gasteiger partial charge in [0, 0.05) is 33.3 Å². The lowest BCUT2D eigenvalue weighted by Gasteiger charge is -2.34. The predicted molar refractivity (Wildman–Crippen MR) is 85.3 cm³/mol. The number of fused-ring (bicyclic) bond motifs is 1. The van der Waals surface area contributed by atoms with Crippen LogP contribution in [0.5, 0.6) is 0 Å². The van der Waals surface area contributed by atoms with Gasteiger partial charge in [0.2, 0.25) is 5.91 Å². The van der Waals surface area contributed by atoms with Crippen LogP contribution in [0.2, 0.25) is 0 Å². The van der Waals surface area contributed by atoms with E-state index in [1.54, 1.807) is 4.90 Å². The number of ether oxygens (including phenoxy) is 1. The zero-order valence-electron chi connectivity index (χ0n) is 13.0. The lowest BCUT2D eigenvalue weighted by atomic mass is 10.2.